The van der Waals surface area contributed by atoms with E-state index in [9.17, 15) is 40.0 Å². The maximum atomic E-state index is 14.2. The maximum Gasteiger partial charge on any atom is 0.416 e. The molecule has 1 aromatic heterocycles. The van der Waals surface area contributed by atoms with Crippen LogP contribution in [0.15, 0.2) is 36.5 Å². The molecular weight excluding hydrogens is 559 g/mol. The molecule has 0 saturated carbocycles. The number of benzene rings is 1. The zero-order chi connectivity index (χ0) is 29.3. The summed E-state index contributed by atoms with van der Waals surface area (Å²) in [5.74, 6) is -4.23. The molecule has 2 aliphatic rings. The average Bonchev–Trinajstić information content (AvgIpc) is 3.39. The third-order valence-electron chi connectivity index (χ3n) is 5.89. The molecule has 11 nitrogen and oxygen atoms in total. The van der Waals surface area contributed by atoms with E-state index < -0.39 is 64.1 Å². The van der Waals surface area contributed by atoms with Crippen LogP contribution in [0.25, 0.3) is 0 Å². The van der Waals surface area contributed by atoms with Crippen molar-refractivity contribution >= 4 is 22.0 Å². The Hall–Kier alpha value is -3.41. The van der Waals surface area contributed by atoms with Crippen LogP contribution < -0.4 is 5.73 Å². The summed E-state index contributed by atoms with van der Waals surface area (Å²) in [6.07, 6.45) is -5.41. The highest BCUT2D eigenvalue weighted by Crippen LogP contribution is 2.42. The molecule has 1 fully saturated rings. The lowest BCUT2D eigenvalue weighted by molar-refractivity contribution is -0.269. The lowest BCUT2D eigenvalue weighted by Crippen LogP contribution is -2.58. The molecule has 2 aromatic rings. The zero-order valence-electron chi connectivity index (χ0n) is 20.0. The Balaban J connectivity index is 0.000000459. The Morgan fingerprint density at radius 1 is 1.15 bits per heavy atom. The Labute approximate surface area is 218 Å². The van der Waals surface area contributed by atoms with Crippen molar-refractivity contribution in [1.82, 2.24) is 14.1 Å². The summed E-state index contributed by atoms with van der Waals surface area (Å²) in [4.78, 5) is 20.6. The molecular formula is C22H23F5N4O7S. The van der Waals surface area contributed by atoms with Gasteiger partial charge >= 0.3 is 18.1 Å². The number of nitrogens with zero attached hydrogens (tertiary/aromatic N) is 3. The number of carbonyl (C=O) groups is 2. The number of halogens is 5. The Morgan fingerprint density at radius 2 is 1.77 bits per heavy atom. The molecule has 1 saturated heterocycles. The molecule has 4 rings (SSSR count). The predicted molar refractivity (Wildman–Crippen MR) is 123 cm³/mol. The number of ether oxygens (including phenoxy) is 1. The average molecular weight is 583 g/mol. The summed E-state index contributed by atoms with van der Waals surface area (Å²) in [5.41, 5.74) is 6.51. The van der Waals surface area contributed by atoms with Gasteiger partial charge in [-0.25, -0.2) is 26.8 Å². The van der Waals surface area contributed by atoms with E-state index in [0.717, 1.165) is 28.5 Å². The van der Waals surface area contributed by atoms with Crippen LogP contribution in [0.1, 0.15) is 29.3 Å². The first-order valence-electron chi connectivity index (χ1n) is 11.1. The number of hydrogen-bond acceptors (Lipinski definition) is 8. The summed E-state index contributed by atoms with van der Waals surface area (Å²) in [6.45, 7) is 0.00134. The minimum absolute atomic E-state index is 0.0236. The van der Waals surface area contributed by atoms with Gasteiger partial charge < -0.3 is 20.7 Å². The highest BCUT2D eigenvalue weighted by molar-refractivity contribution is 7.89. The van der Waals surface area contributed by atoms with Gasteiger partial charge in [0.1, 0.15) is 17.7 Å². The van der Waals surface area contributed by atoms with E-state index in [4.69, 9.17) is 20.7 Å². The predicted octanol–water partition coefficient (Wildman–Crippen LogP) is 1.78. The number of rotatable bonds is 5. The Morgan fingerprint density at radius 3 is 2.28 bits per heavy atom. The molecule has 3 heterocycles. The third-order valence-corrected chi connectivity index (χ3v) is 6.76. The number of carboxylic acid groups (broad SMARTS) is 2. The highest BCUT2D eigenvalue weighted by Gasteiger charge is 2.54. The first-order valence-corrected chi connectivity index (χ1v) is 12.9. The SMILES string of the molecule is CS(=O)(=O)n1cc2c(n1)CN([C@@H]1C[C@H](N)[C@@H](c3cc(F)ccc3F)O[C@@H]1C(F)(F)F)C2.O=C(O)/C=C\C(=O)O. The highest BCUT2D eigenvalue weighted by atomic mass is 32.2. The van der Waals surface area contributed by atoms with Gasteiger partial charge in [-0.15, -0.1) is 0 Å². The van der Waals surface area contributed by atoms with Gasteiger partial charge in [0.15, 0.2) is 6.10 Å². The molecule has 4 atom stereocenters. The van der Waals surface area contributed by atoms with E-state index in [1.165, 1.54) is 11.1 Å². The van der Waals surface area contributed by atoms with Gasteiger partial charge in [0, 0.05) is 54.6 Å². The number of nitrogens with two attached hydrogens (primary N) is 1. The molecule has 0 radical (unpaired) electrons. The van der Waals surface area contributed by atoms with Crippen LogP contribution in [0, 0.1) is 11.6 Å². The minimum atomic E-state index is -4.79. The fourth-order valence-electron chi connectivity index (χ4n) is 4.25. The van der Waals surface area contributed by atoms with Crippen LogP contribution in [0.4, 0.5) is 22.0 Å². The molecule has 0 bridgehead atoms. The van der Waals surface area contributed by atoms with E-state index in [-0.39, 0.29) is 25.1 Å². The number of fused-ring (bicyclic) bond motifs is 1. The smallest absolute Gasteiger partial charge is 0.416 e. The number of hydrogen-bond donors (Lipinski definition) is 3. The zero-order valence-corrected chi connectivity index (χ0v) is 20.9. The molecule has 2 aliphatic heterocycles. The van der Waals surface area contributed by atoms with E-state index in [2.05, 4.69) is 5.10 Å². The van der Waals surface area contributed by atoms with E-state index in [1.54, 1.807) is 0 Å². The fraction of sp³-hybridized carbons (Fsp3) is 0.409. The first kappa shape index (κ1) is 30.1. The summed E-state index contributed by atoms with van der Waals surface area (Å²) < 4.78 is 98.6. The van der Waals surface area contributed by atoms with E-state index >= 15 is 0 Å². The van der Waals surface area contributed by atoms with Crippen LogP contribution >= 0.6 is 0 Å². The largest absolute Gasteiger partial charge is 0.478 e. The van der Waals surface area contributed by atoms with E-state index in [0.29, 0.717) is 23.4 Å². The number of alkyl halides is 3. The van der Waals surface area contributed by atoms with Crippen LogP contribution in [0.3, 0.4) is 0 Å². The number of aliphatic carboxylic acids is 2. The normalized spacial score (nSPS) is 23.8. The number of aromatic nitrogens is 2. The van der Waals surface area contributed by atoms with Gasteiger partial charge in [-0.05, 0) is 24.6 Å². The molecule has 0 aliphatic carbocycles. The molecule has 1 aromatic carbocycles. The van der Waals surface area contributed by atoms with Crippen LogP contribution in [0.2, 0.25) is 0 Å². The summed E-state index contributed by atoms with van der Waals surface area (Å²) in [6, 6.07) is 0.226. The second-order valence-electron chi connectivity index (χ2n) is 8.80. The standard InChI is InChI=1S/C18H19F5N4O3S.C4H4O4/c1-31(28,29)27-7-9-6-26(8-14(9)25-27)15-5-13(24)16(30-17(15)18(21,22)23)11-4-10(19)2-3-12(11)20;5-3(6)1-2-4(7)8/h2-4,7,13,15-17H,5-6,8,24H2,1H3;1-2H,(H,5,6)(H,7,8)/b;2-1-/t13-,15+,16+,17-;/m0./s1. The number of carboxylic acids is 2. The topological polar surface area (TPSA) is 165 Å². The van der Waals surface area contributed by atoms with Gasteiger partial charge in [0.05, 0.1) is 11.9 Å². The van der Waals surface area contributed by atoms with Crippen molar-refractivity contribution in [1.29, 1.82) is 0 Å². The van der Waals surface area contributed by atoms with Crippen molar-refractivity contribution in [2.24, 2.45) is 5.73 Å². The van der Waals surface area contributed by atoms with Gasteiger partial charge in [-0.1, -0.05) is 0 Å². The molecule has 214 valence electrons. The van der Waals surface area contributed by atoms with Crippen molar-refractivity contribution in [3.05, 3.63) is 65.0 Å². The van der Waals surface area contributed by atoms with Gasteiger partial charge in [-0.3, -0.25) is 4.90 Å². The van der Waals surface area contributed by atoms with Crippen molar-refractivity contribution in [2.45, 2.75) is 50.0 Å². The molecule has 0 spiro atoms. The van der Waals surface area contributed by atoms with Crippen molar-refractivity contribution in [2.75, 3.05) is 6.26 Å². The lowest BCUT2D eigenvalue weighted by atomic mass is 9.89. The van der Waals surface area contributed by atoms with E-state index in [1.807, 2.05) is 0 Å². The van der Waals surface area contributed by atoms with Crippen molar-refractivity contribution in [3.63, 3.8) is 0 Å². The second kappa shape index (κ2) is 11.4. The molecule has 0 unspecified atom stereocenters. The van der Waals surface area contributed by atoms with Crippen LogP contribution in [-0.4, -0.2) is 75.3 Å². The van der Waals surface area contributed by atoms with Gasteiger partial charge in [0.25, 0.3) is 10.0 Å². The summed E-state index contributed by atoms with van der Waals surface area (Å²) >= 11 is 0. The summed E-state index contributed by atoms with van der Waals surface area (Å²) in [5, 5.41) is 19.6. The van der Waals surface area contributed by atoms with Crippen molar-refractivity contribution < 1.29 is 54.9 Å². The first-order chi connectivity index (χ1) is 18.0. The molecule has 0 amide bonds. The quantitative estimate of drug-likeness (QED) is 0.350. The van der Waals surface area contributed by atoms with Crippen molar-refractivity contribution in [3.8, 4) is 0 Å². The fourth-order valence-corrected chi connectivity index (χ4v) is 4.81. The Kier molecular flexibility index (Phi) is 8.79. The minimum Gasteiger partial charge on any atom is -0.478 e. The van der Waals surface area contributed by atoms with Gasteiger partial charge in [-0.2, -0.15) is 22.4 Å². The molecule has 17 heteroatoms. The summed E-state index contributed by atoms with van der Waals surface area (Å²) in [7, 11) is -3.62. The second-order valence-corrected chi connectivity index (χ2v) is 10.6. The maximum absolute atomic E-state index is 14.2. The monoisotopic (exact) mass is 582 g/mol. The molecule has 39 heavy (non-hydrogen) atoms. The van der Waals surface area contributed by atoms with Gasteiger partial charge in [0.2, 0.25) is 0 Å². The van der Waals surface area contributed by atoms with Crippen LogP contribution in [-0.2, 0) is 37.4 Å². The third kappa shape index (κ3) is 7.37. The van der Waals surface area contributed by atoms with Crippen LogP contribution in [0.5, 0.6) is 0 Å². The Bertz CT molecular complexity index is 1340. The lowest BCUT2D eigenvalue weighted by Gasteiger charge is -2.44. The molecule has 4 N–H and O–H groups in total.